The van der Waals surface area contributed by atoms with Crippen LogP contribution in [0.5, 0.6) is 0 Å². The molecule has 0 aromatic heterocycles. The summed E-state index contributed by atoms with van der Waals surface area (Å²) >= 11 is 0. The van der Waals surface area contributed by atoms with E-state index in [9.17, 15) is 18.4 Å². The van der Waals surface area contributed by atoms with Gasteiger partial charge in [-0.2, -0.15) is 0 Å². The van der Waals surface area contributed by atoms with Crippen molar-refractivity contribution < 1.29 is 18.4 Å². The van der Waals surface area contributed by atoms with Gasteiger partial charge in [-0.1, -0.05) is 12.1 Å². The zero-order chi connectivity index (χ0) is 16.1. The molecule has 1 fully saturated rings. The number of alkyl halides is 1. The van der Waals surface area contributed by atoms with Gasteiger partial charge in [-0.05, 0) is 37.5 Å². The van der Waals surface area contributed by atoms with Crippen molar-refractivity contribution in [2.24, 2.45) is 0 Å². The van der Waals surface area contributed by atoms with Gasteiger partial charge in [0.2, 0.25) is 11.8 Å². The average molecular weight is 310 g/mol. The van der Waals surface area contributed by atoms with Crippen LogP contribution in [0.2, 0.25) is 0 Å². The van der Waals surface area contributed by atoms with E-state index < -0.39 is 12.7 Å². The molecular formula is C16H20F2N2O2. The fraction of sp³-hybridized carbons (Fsp3) is 0.500. The van der Waals surface area contributed by atoms with Gasteiger partial charge >= 0.3 is 0 Å². The van der Waals surface area contributed by atoms with Gasteiger partial charge in [0.25, 0.3) is 0 Å². The quantitative estimate of drug-likeness (QED) is 0.755. The maximum atomic E-state index is 13.2. The lowest BCUT2D eigenvalue weighted by atomic mass is 10.1. The summed E-state index contributed by atoms with van der Waals surface area (Å²) in [5.41, 5.74) is 0.652. The van der Waals surface area contributed by atoms with Crippen molar-refractivity contribution in [1.29, 1.82) is 0 Å². The Balaban J connectivity index is 2.01. The van der Waals surface area contributed by atoms with Crippen LogP contribution in [0.25, 0.3) is 0 Å². The third-order valence-electron chi connectivity index (χ3n) is 3.83. The SMILES string of the molecule is C[C@H]1C(=O)N(Cc2cccc(F)c2)CC(=O)N1CCCCF. The van der Waals surface area contributed by atoms with Crippen LogP contribution in [0.1, 0.15) is 25.3 Å². The Morgan fingerprint density at radius 2 is 2.05 bits per heavy atom. The molecule has 4 nitrogen and oxygen atoms in total. The predicted octanol–water partition coefficient (Wildman–Crippen LogP) is 2.13. The van der Waals surface area contributed by atoms with Gasteiger partial charge in [-0.25, -0.2) is 4.39 Å². The summed E-state index contributed by atoms with van der Waals surface area (Å²) in [6.45, 7) is 1.84. The Kier molecular flexibility index (Phi) is 5.46. The van der Waals surface area contributed by atoms with Crippen LogP contribution in [0.3, 0.4) is 0 Å². The lowest BCUT2D eigenvalue weighted by Crippen LogP contribution is -2.58. The van der Waals surface area contributed by atoms with Gasteiger partial charge < -0.3 is 9.80 Å². The number of carbonyl (C=O) groups is 2. The van der Waals surface area contributed by atoms with Crippen LogP contribution < -0.4 is 0 Å². The normalized spacial score (nSPS) is 19.0. The number of carbonyl (C=O) groups excluding carboxylic acids is 2. The molecule has 0 spiro atoms. The summed E-state index contributed by atoms with van der Waals surface area (Å²) in [6, 6.07) is 5.43. The van der Waals surface area contributed by atoms with E-state index in [1.807, 2.05) is 0 Å². The predicted molar refractivity (Wildman–Crippen MR) is 78.2 cm³/mol. The molecular weight excluding hydrogens is 290 g/mol. The van der Waals surface area contributed by atoms with Crippen molar-refractivity contribution in [1.82, 2.24) is 9.80 Å². The van der Waals surface area contributed by atoms with Gasteiger partial charge in [-0.15, -0.1) is 0 Å². The van der Waals surface area contributed by atoms with Gasteiger partial charge in [-0.3, -0.25) is 14.0 Å². The molecule has 2 rings (SSSR count). The number of hydrogen-bond acceptors (Lipinski definition) is 2. The Labute approximate surface area is 128 Å². The molecule has 0 radical (unpaired) electrons. The molecule has 0 aliphatic carbocycles. The van der Waals surface area contributed by atoms with E-state index in [1.54, 1.807) is 19.1 Å². The number of amides is 2. The number of benzene rings is 1. The molecule has 6 heteroatoms. The fourth-order valence-corrected chi connectivity index (χ4v) is 2.63. The molecule has 22 heavy (non-hydrogen) atoms. The third-order valence-corrected chi connectivity index (χ3v) is 3.83. The molecule has 0 bridgehead atoms. The minimum Gasteiger partial charge on any atom is -0.329 e. The minimum atomic E-state index is -0.561. The van der Waals surface area contributed by atoms with Crippen LogP contribution in [-0.2, 0) is 16.1 Å². The maximum absolute atomic E-state index is 13.2. The van der Waals surface area contributed by atoms with Gasteiger partial charge in [0, 0.05) is 13.1 Å². The molecule has 120 valence electrons. The largest absolute Gasteiger partial charge is 0.329 e. The van der Waals surface area contributed by atoms with Gasteiger partial charge in [0.1, 0.15) is 18.4 Å². The number of nitrogens with zero attached hydrogens (tertiary/aromatic N) is 2. The molecule has 2 amide bonds. The van der Waals surface area contributed by atoms with Crippen molar-refractivity contribution in [2.45, 2.75) is 32.4 Å². The Morgan fingerprint density at radius 3 is 2.73 bits per heavy atom. The molecule has 1 heterocycles. The van der Waals surface area contributed by atoms with Crippen LogP contribution >= 0.6 is 0 Å². The van der Waals surface area contributed by atoms with E-state index in [0.29, 0.717) is 24.9 Å². The first kappa shape index (κ1) is 16.4. The highest BCUT2D eigenvalue weighted by atomic mass is 19.1. The number of hydrogen-bond donors (Lipinski definition) is 0. The van der Waals surface area contributed by atoms with E-state index in [-0.39, 0.29) is 30.7 Å². The second-order valence-electron chi connectivity index (χ2n) is 5.48. The molecule has 0 N–H and O–H groups in total. The van der Waals surface area contributed by atoms with E-state index >= 15 is 0 Å². The highest BCUT2D eigenvalue weighted by Crippen LogP contribution is 2.17. The van der Waals surface area contributed by atoms with Crippen LogP contribution in [0, 0.1) is 5.82 Å². The summed E-state index contributed by atoms with van der Waals surface area (Å²) < 4.78 is 25.3. The summed E-state index contributed by atoms with van der Waals surface area (Å²) in [7, 11) is 0. The van der Waals surface area contributed by atoms with Crippen molar-refractivity contribution in [3.8, 4) is 0 Å². The van der Waals surface area contributed by atoms with Crippen molar-refractivity contribution in [3.63, 3.8) is 0 Å². The monoisotopic (exact) mass is 310 g/mol. The Morgan fingerprint density at radius 1 is 1.27 bits per heavy atom. The van der Waals surface area contributed by atoms with Crippen LogP contribution in [0.4, 0.5) is 8.78 Å². The summed E-state index contributed by atoms with van der Waals surface area (Å²) in [6.07, 6.45) is 0.932. The second-order valence-corrected chi connectivity index (χ2v) is 5.48. The van der Waals surface area contributed by atoms with Crippen LogP contribution in [0.15, 0.2) is 24.3 Å². The zero-order valence-corrected chi connectivity index (χ0v) is 12.6. The number of unbranched alkanes of at least 4 members (excludes halogenated alkanes) is 1. The Bertz CT molecular complexity index is 551. The summed E-state index contributed by atoms with van der Waals surface area (Å²) in [5.74, 6) is -0.680. The summed E-state index contributed by atoms with van der Waals surface area (Å²) in [4.78, 5) is 27.5. The molecule has 1 aromatic carbocycles. The molecule has 0 saturated carbocycles. The molecule has 1 aromatic rings. The van der Waals surface area contributed by atoms with E-state index in [2.05, 4.69) is 0 Å². The zero-order valence-electron chi connectivity index (χ0n) is 12.6. The van der Waals surface area contributed by atoms with E-state index in [1.165, 1.54) is 21.9 Å². The average Bonchev–Trinajstić information content (AvgIpc) is 2.48. The molecule has 1 saturated heterocycles. The lowest BCUT2D eigenvalue weighted by Gasteiger charge is -2.38. The smallest absolute Gasteiger partial charge is 0.245 e. The highest BCUT2D eigenvalue weighted by Gasteiger charge is 2.35. The molecule has 1 atom stereocenters. The lowest BCUT2D eigenvalue weighted by molar-refractivity contribution is -0.155. The maximum Gasteiger partial charge on any atom is 0.245 e. The third kappa shape index (κ3) is 3.81. The first-order valence-electron chi connectivity index (χ1n) is 7.41. The van der Waals surface area contributed by atoms with Crippen molar-refractivity contribution in [3.05, 3.63) is 35.6 Å². The first-order chi connectivity index (χ1) is 10.5. The molecule has 1 aliphatic rings. The standard InChI is InChI=1S/C16H20F2N2O2/c1-12-16(22)19(10-13-5-4-6-14(18)9-13)11-15(21)20(12)8-3-2-7-17/h4-6,9,12H,2-3,7-8,10-11H2,1H3/t12-/m0/s1. The topological polar surface area (TPSA) is 40.6 Å². The van der Waals surface area contributed by atoms with Gasteiger partial charge in [0.15, 0.2) is 0 Å². The number of piperazine rings is 1. The second kappa shape index (κ2) is 7.33. The van der Waals surface area contributed by atoms with Crippen molar-refractivity contribution in [2.75, 3.05) is 19.8 Å². The minimum absolute atomic E-state index is 0.0185. The summed E-state index contributed by atoms with van der Waals surface area (Å²) in [5, 5.41) is 0. The Hall–Kier alpha value is -1.98. The van der Waals surface area contributed by atoms with Crippen molar-refractivity contribution >= 4 is 11.8 Å². The highest BCUT2D eigenvalue weighted by molar-refractivity contribution is 5.94. The van der Waals surface area contributed by atoms with Gasteiger partial charge in [0.05, 0.1) is 6.67 Å². The van der Waals surface area contributed by atoms with Crippen LogP contribution in [-0.4, -0.2) is 47.4 Å². The molecule has 0 unspecified atom stereocenters. The fourth-order valence-electron chi connectivity index (χ4n) is 2.63. The first-order valence-corrected chi connectivity index (χ1v) is 7.41. The van der Waals surface area contributed by atoms with E-state index in [4.69, 9.17) is 0 Å². The molecule has 1 aliphatic heterocycles. The number of rotatable bonds is 6. The van der Waals surface area contributed by atoms with E-state index in [0.717, 1.165) is 0 Å². The number of halogens is 2.